The molecule has 4 nitrogen and oxygen atoms in total. The van der Waals surface area contributed by atoms with Crippen molar-refractivity contribution in [1.82, 2.24) is 9.88 Å². The number of aromatic nitrogens is 1. The molecule has 0 aliphatic rings. The van der Waals surface area contributed by atoms with Gasteiger partial charge in [0.1, 0.15) is 15.7 Å². The molecule has 0 aliphatic carbocycles. The van der Waals surface area contributed by atoms with Crippen LogP contribution in [0.4, 0.5) is 13.2 Å². The van der Waals surface area contributed by atoms with E-state index >= 15 is 0 Å². The maximum Gasteiger partial charge on any atom is 0.168 e. The highest BCUT2D eigenvalue weighted by Crippen LogP contribution is 2.26. The highest BCUT2D eigenvalue weighted by atomic mass is 32.2. The smallest absolute Gasteiger partial charge is 0.168 e. The van der Waals surface area contributed by atoms with E-state index in [1.165, 1.54) is 6.20 Å². The number of fused-ring (bicyclic) bond motifs is 1. The van der Waals surface area contributed by atoms with Gasteiger partial charge in [-0.05, 0) is 19.0 Å². The summed E-state index contributed by atoms with van der Waals surface area (Å²) in [7, 11) is -1.32. The van der Waals surface area contributed by atoms with Crippen molar-refractivity contribution in [3.8, 4) is 0 Å². The summed E-state index contributed by atoms with van der Waals surface area (Å²) in [5.41, 5.74) is 0.393. The molecule has 2 aromatic rings. The second-order valence-electron chi connectivity index (χ2n) is 5.40. The van der Waals surface area contributed by atoms with Crippen LogP contribution in [0.2, 0.25) is 0 Å². The molecule has 0 spiro atoms. The van der Waals surface area contributed by atoms with Gasteiger partial charge in [0.25, 0.3) is 0 Å². The van der Waals surface area contributed by atoms with E-state index in [-0.39, 0.29) is 16.7 Å². The number of hydrogen-bond donors (Lipinski definition) is 1. The van der Waals surface area contributed by atoms with Crippen LogP contribution in [0.25, 0.3) is 10.9 Å². The predicted molar refractivity (Wildman–Crippen MR) is 79.1 cm³/mol. The Morgan fingerprint density at radius 1 is 1.18 bits per heavy atom. The first-order valence-electron chi connectivity index (χ1n) is 6.69. The Balaban J connectivity index is 2.13. The van der Waals surface area contributed by atoms with Gasteiger partial charge in [-0.25, -0.2) is 21.6 Å². The lowest BCUT2D eigenvalue weighted by Gasteiger charge is -2.15. The van der Waals surface area contributed by atoms with Gasteiger partial charge in [-0.2, -0.15) is 0 Å². The third kappa shape index (κ3) is 3.80. The number of nitrogens with zero attached hydrogens (tertiary/aromatic N) is 1. The number of halogens is 3. The van der Waals surface area contributed by atoms with Crippen LogP contribution in [0.5, 0.6) is 0 Å². The van der Waals surface area contributed by atoms with Crippen molar-refractivity contribution >= 4 is 20.7 Å². The van der Waals surface area contributed by atoms with Crippen LogP contribution in [0, 0.1) is 17.5 Å². The molecule has 0 bridgehead atoms. The molecule has 1 aromatic heterocycles. The summed E-state index contributed by atoms with van der Waals surface area (Å²) in [5, 5.41) is -0.0889. The molecule has 0 unspecified atom stereocenters. The minimum atomic E-state index is -3.05. The maximum absolute atomic E-state index is 13.8. The van der Waals surface area contributed by atoms with Gasteiger partial charge < -0.3 is 9.88 Å². The fourth-order valence-electron chi connectivity index (χ4n) is 2.21. The van der Waals surface area contributed by atoms with Crippen LogP contribution >= 0.6 is 0 Å². The SMILES string of the molecule is CN(CCc1c[nH]c2c(F)cc(F)c(F)c12)CCS(C)(=O)=O. The molecule has 1 N–H and O–H groups in total. The fraction of sp³-hybridized carbons (Fsp3) is 0.429. The van der Waals surface area contributed by atoms with E-state index in [0.717, 1.165) is 6.26 Å². The lowest BCUT2D eigenvalue weighted by molar-refractivity contribution is 0.358. The Hall–Kier alpha value is -1.54. The van der Waals surface area contributed by atoms with Gasteiger partial charge in [0.05, 0.1) is 11.3 Å². The Labute approximate surface area is 126 Å². The number of likely N-dealkylation sites (N-methyl/N-ethyl adjacent to an activating group) is 1. The normalized spacial score (nSPS) is 12.5. The van der Waals surface area contributed by atoms with Crippen LogP contribution in [-0.2, 0) is 16.3 Å². The molecule has 0 amide bonds. The molecule has 2 rings (SSSR count). The monoisotopic (exact) mass is 334 g/mol. The summed E-state index contributed by atoms with van der Waals surface area (Å²) in [6.07, 6.45) is 2.95. The van der Waals surface area contributed by atoms with Gasteiger partial charge in [-0.3, -0.25) is 0 Å². The molecule has 1 aromatic carbocycles. The maximum atomic E-state index is 13.8. The Morgan fingerprint density at radius 3 is 2.50 bits per heavy atom. The number of benzene rings is 1. The quantitative estimate of drug-likeness (QED) is 0.823. The number of nitrogens with one attached hydrogen (secondary N) is 1. The van der Waals surface area contributed by atoms with E-state index < -0.39 is 27.3 Å². The average molecular weight is 334 g/mol. The highest BCUT2D eigenvalue weighted by Gasteiger charge is 2.17. The second-order valence-corrected chi connectivity index (χ2v) is 7.66. The summed E-state index contributed by atoms with van der Waals surface area (Å²) >= 11 is 0. The molecule has 0 aliphatic heterocycles. The first-order chi connectivity index (χ1) is 10.2. The van der Waals surface area contributed by atoms with Gasteiger partial charge in [-0.1, -0.05) is 0 Å². The van der Waals surface area contributed by atoms with Gasteiger partial charge in [0.2, 0.25) is 0 Å². The average Bonchev–Trinajstić information content (AvgIpc) is 2.84. The molecular formula is C14H17F3N2O2S. The minimum absolute atomic E-state index is 0.0228. The molecule has 0 fully saturated rings. The summed E-state index contributed by atoms with van der Waals surface area (Å²) in [4.78, 5) is 4.38. The number of H-pyrrole nitrogens is 1. The summed E-state index contributed by atoms with van der Waals surface area (Å²) in [5.74, 6) is -3.12. The summed E-state index contributed by atoms with van der Waals surface area (Å²) in [6, 6.07) is 0.510. The lowest BCUT2D eigenvalue weighted by Crippen LogP contribution is -2.27. The zero-order valence-corrected chi connectivity index (χ0v) is 13.1. The van der Waals surface area contributed by atoms with Crippen LogP contribution in [-0.4, -0.2) is 50.4 Å². The number of hydrogen-bond acceptors (Lipinski definition) is 3. The van der Waals surface area contributed by atoms with Gasteiger partial charge in [0.15, 0.2) is 11.6 Å². The molecule has 1 heterocycles. The molecule has 0 atom stereocenters. The summed E-state index contributed by atoms with van der Waals surface area (Å²) in [6.45, 7) is 0.784. The molecule has 8 heteroatoms. The van der Waals surface area contributed by atoms with Crippen LogP contribution in [0.1, 0.15) is 5.56 Å². The van der Waals surface area contributed by atoms with Crippen molar-refractivity contribution in [3.05, 3.63) is 35.3 Å². The standard InChI is InChI=1S/C14H17F3N2O2S/c1-19(5-6-22(2,20)21)4-3-9-8-18-14-11(16)7-10(15)13(17)12(9)14/h7-8,18H,3-6H2,1-2H3. The molecular weight excluding hydrogens is 317 g/mol. The van der Waals surface area contributed by atoms with Crippen molar-refractivity contribution < 1.29 is 21.6 Å². The Kier molecular flexibility index (Phi) is 4.81. The van der Waals surface area contributed by atoms with Crippen molar-refractivity contribution in [3.63, 3.8) is 0 Å². The predicted octanol–water partition coefficient (Wildman–Crippen LogP) is 2.10. The van der Waals surface area contributed by atoms with E-state index in [4.69, 9.17) is 0 Å². The lowest BCUT2D eigenvalue weighted by atomic mass is 10.1. The van der Waals surface area contributed by atoms with Crippen molar-refractivity contribution in [2.45, 2.75) is 6.42 Å². The van der Waals surface area contributed by atoms with Gasteiger partial charge >= 0.3 is 0 Å². The number of aromatic amines is 1. The van der Waals surface area contributed by atoms with E-state index in [1.54, 1.807) is 11.9 Å². The van der Waals surface area contributed by atoms with E-state index in [0.29, 0.717) is 31.1 Å². The van der Waals surface area contributed by atoms with E-state index in [9.17, 15) is 21.6 Å². The third-order valence-electron chi connectivity index (χ3n) is 3.49. The van der Waals surface area contributed by atoms with Crippen molar-refractivity contribution in [2.75, 3.05) is 32.1 Å². The van der Waals surface area contributed by atoms with Crippen LogP contribution < -0.4 is 0 Å². The third-order valence-corrected chi connectivity index (χ3v) is 4.41. The van der Waals surface area contributed by atoms with Crippen LogP contribution in [0.3, 0.4) is 0 Å². The molecule has 22 heavy (non-hydrogen) atoms. The Morgan fingerprint density at radius 2 is 1.86 bits per heavy atom. The van der Waals surface area contributed by atoms with E-state index in [2.05, 4.69) is 4.98 Å². The first kappa shape index (κ1) is 16.8. The summed E-state index contributed by atoms with van der Waals surface area (Å²) < 4.78 is 62.9. The van der Waals surface area contributed by atoms with Crippen molar-refractivity contribution in [1.29, 1.82) is 0 Å². The first-order valence-corrected chi connectivity index (χ1v) is 8.75. The topological polar surface area (TPSA) is 53.2 Å². The molecule has 0 saturated carbocycles. The fourth-order valence-corrected chi connectivity index (χ4v) is 2.85. The molecule has 122 valence electrons. The van der Waals surface area contributed by atoms with E-state index in [1.807, 2.05) is 0 Å². The zero-order chi connectivity index (χ0) is 16.5. The number of rotatable bonds is 6. The van der Waals surface area contributed by atoms with Gasteiger partial charge in [-0.15, -0.1) is 0 Å². The minimum Gasteiger partial charge on any atom is -0.358 e. The molecule has 0 saturated heterocycles. The zero-order valence-electron chi connectivity index (χ0n) is 12.3. The molecule has 0 radical (unpaired) electrons. The Bertz CT molecular complexity index is 787. The van der Waals surface area contributed by atoms with Gasteiger partial charge in [0, 0.05) is 37.0 Å². The highest BCUT2D eigenvalue weighted by molar-refractivity contribution is 7.90. The van der Waals surface area contributed by atoms with Crippen LogP contribution in [0.15, 0.2) is 12.3 Å². The second kappa shape index (κ2) is 6.29. The largest absolute Gasteiger partial charge is 0.358 e. The number of sulfone groups is 1. The van der Waals surface area contributed by atoms with Crippen molar-refractivity contribution in [2.24, 2.45) is 0 Å².